The van der Waals surface area contributed by atoms with E-state index in [-0.39, 0.29) is 11.3 Å². The Labute approximate surface area is 191 Å². The van der Waals surface area contributed by atoms with Crippen molar-refractivity contribution in [1.82, 2.24) is 14.8 Å². The number of hydrogen-bond donors (Lipinski definition) is 1. The Morgan fingerprint density at radius 3 is 2.56 bits per heavy atom. The molecule has 0 aliphatic heterocycles. The standard InChI is InChI=1S/C25H26N4O2S/c1-16-14-22(27-23(30)13-8-17-6-9-18(10-7-17)25(2,3)4)29(28-16)24-26-20-12-11-19(31-5)15-21(20)32-24/h6-15H,1-5H3,(H,27,30)/b13-8+. The Balaban J connectivity index is 1.53. The van der Waals surface area contributed by atoms with Crippen LogP contribution in [0.3, 0.4) is 0 Å². The van der Waals surface area contributed by atoms with Crippen LogP contribution in [-0.4, -0.2) is 27.8 Å². The predicted octanol–water partition coefficient (Wildman–Crippen LogP) is 5.75. The number of carbonyl (C=O) groups is 1. The fourth-order valence-corrected chi connectivity index (χ4v) is 4.24. The van der Waals surface area contributed by atoms with Crippen LogP contribution in [-0.2, 0) is 10.2 Å². The zero-order valence-corrected chi connectivity index (χ0v) is 19.7. The highest BCUT2D eigenvalue weighted by Gasteiger charge is 2.15. The van der Waals surface area contributed by atoms with E-state index >= 15 is 0 Å². The first-order valence-corrected chi connectivity index (χ1v) is 11.2. The van der Waals surface area contributed by atoms with Gasteiger partial charge >= 0.3 is 0 Å². The molecule has 164 valence electrons. The topological polar surface area (TPSA) is 69.0 Å². The quantitative estimate of drug-likeness (QED) is 0.397. The molecule has 4 rings (SSSR count). The summed E-state index contributed by atoms with van der Waals surface area (Å²) in [6.07, 6.45) is 3.33. The van der Waals surface area contributed by atoms with Gasteiger partial charge in [0.2, 0.25) is 11.0 Å². The van der Waals surface area contributed by atoms with Crippen molar-refractivity contribution in [1.29, 1.82) is 0 Å². The van der Waals surface area contributed by atoms with E-state index in [2.05, 4.69) is 48.3 Å². The number of thiazole rings is 1. The van der Waals surface area contributed by atoms with Crippen LogP contribution in [0.5, 0.6) is 5.75 Å². The summed E-state index contributed by atoms with van der Waals surface area (Å²) < 4.78 is 7.95. The number of nitrogens with one attached hydrogen (secondary N) is 1. The van der Waals surface area contributed by atoms with E-state index in [1.54, 1.807) is 17.9 Å². The number of anilines is 1. The molecule has 6 nitrogen and oxygen atoms in total. The van der Waals surface area contributed by atoms with E-state index in [1.165, 1.54) is 23.0 Å². The van der Waals surface area contributed by atoms with Gasteiger partial charge in [0.15, 0.2) is 0 Å². The lowest BCUT2D eigenvalue weighted by Gasteiger charge is -2.18. The number of aromatic nitrogens is 3. The number of methoxy groups -OCH3 is 1. The molecule has 2 aromatic carbocycles. The number of fused-ring (bicyclic) bond motifs is 1. The molecule has 0 atom stereocenters. The van der Waals surface area contributed by atoms with Crippen LogP contribution >= 0.6 is 11.3 Å². The van der Waals surface area contributed by atoms with Gasteiger partial charge in [-0.1, -0.05) is 56.4 Å². The van der Waals surface area contributed by atoms with Crippen LogP contribution < -0.4 is 10.1 Å². The Hall–Kier alpha value is -3.45. The molecule has 0 saturated heterocycles. The molecule has 32 heavy (non-hydrogen) atoms. The molecule has 0 aliphatic carbocycles. The van der Waals surface area contributed by atoms with Gasteiger partial charge in [0, 0.05) is 12.1 Å². The van der Waals surface area contributed by atoms with E-state index in [0.29, 0.717) is 10.9 Å². The Morgan fingerprint density at radius 1 is 1.12 bits per heavy atom. The fourth-order valence-electron chi connectivity index (χ4n) is 3.28. The molecule has 0 saturated carbocycles. The SMILES string of the molecule is COc1ccc2nc(-n3nc(C)cc3NC(=O)/C=C/c3ccc(C(C)(C)C)cc3)sc2c1. The first-order valence-electron chi connectivity index (χ1n) is 10.3. The number of aryl methyl sites for hydroxylation is 1. The molecular formula is C25H26N4O2S. The summed E-state index contributed by atoms with van der Waals surface area (Å²) in [7, 11) is 1.64. The minimum Gasteiger partial charge on any atom is -0.497 e. The van der Waals surface area contributed by atoms with E-state index in [9.17, 15) is 4.79 Å². The second kappa shape index (κ2) is 8.59. The van der Waals surface area contributed by atoms with Crippen LogP contribution in [0.25, 0.3) is 21.4 Å². The van der Waals surface area contributed by atoms with E-state index in [4.69, 9.17) is 4.74 Å². The fraction of sp³-hybridized carbons (Fsp3) is 0.240. The van der Waals surface area contributed by atoms with Crippen molar-refractivity contribution in [2.75, 3.05) is 12.4 Å². The van der Waals surface area contributed by atoms with Crippen LogP contribution in [0.2, 0.25) is 0 Å². The van der Waals surface area contributed by atoms with Crippen molar-refractivity contribution in [2.45, 2.75) is 33.1 Å². The summed E-state index contributed by atoms with van der Waals surface area (Å²) in [6.45, 7) is 8.42. The molecule has 0 radical (unpaired) electrons. The van der Waals surface area contributed by atoms with Crippen molar-refractivity contribution in [3.05, 3.63) is 71.4 Å². The maximum absolute atomic E-state index is 12.6. The number of ether oxygens (including phenoxy) is 1. The minimum atomic E-state index is -0.228. The van der Waals surface area contributed by atoms with Gasteiger partial charge in [-0.05, 0) is 47.7 Å². The van der Waals surface area contributed by atoms with E-state index in [1.807, 2.05) is 43.3 Å². The average molecular weight is 447 g/mol. The third-order valence-corrected chi connectivity index (χ3v) is 6.05. The first kappa shape index (κ1) is 21.8. The van der Waals surface area contributed by atoms with E-state index in [0.717, 1.165) is 27.2 Å². The lowest BCUT2D eigenvalue weighted by Crippen LogP contribution is -2.12. The zero-order chi connectivity index (χ0) is 22.9. The Bertz CT molecular complexity index is 1290. The van der Waals surface area contributed by atoms with E-state index < -0.39 is 0 Å². The highest BCUT2D eigenvalue weighted by molar-refractivity contribution is 7.20. The van der Waals surface area contributed by atoms with Gasteiger partial charge in [-0.2, -0.15) is 9.78 Å². The maximum atomic E-state index is 12.6. The van der Waals surface area contributed by atoms with Crippen LogP contribution in [0.1, 0.15) is 37.6 Å². The summed E-state index contributed by atoms with van der Waals surface area (Å²) in [5.41, 5.74) is 3.97. The highest BCUT2D eigenvalue weighted by atomic mass is 32.1. The molecule has 2 aromatic heterocycles. The summed E-state index contributed by atoms with van der Waals surface area (Å²) in [5.74, 6) is 1.12. The molecule has 0 bridgehead atoms. The van der Waals surface area contributed by atoms with Crippen LogP contribution in [0.4, 0.5) is 5.82 Å². The van der Waals surface area contributed by atoms with Gasteiger partial charge in [0.05, 0.1) is 23.0 Å². The average Bonchev–Trinajstić information content (AvgIpc) is 3.34. The lowest BCUT2D eigenvalue weighted by molar-refractivity contribution is -0.111. The summed E-state index contributed by atoms with van der Waals surface area (Å²) in [6, 6.07) is 15.8. The van der Waals surface area contributed by atoms with Crippen molar-refractivity contribution in [3.63, 3.8) is 0 Å². The number of rotatable bonds is 5. The molecule has 0 aliphatic rings. The third kappa shape index (κ3) is 4.73. The number of nitrogens with zero attached hydrogens (tertiary/aromatic N) is 3. The Morgan fingerprint density at radius 2 is 1.88 bits per heavy atom. The van der Waals surface area contributed by atoms with Gasteiger partial charge in [-0.3, -0.25) is 4.79 Å². The smallest absolute Gasteiger partial charge is 0.249 e. The number of benzene rings is 2. The summed E-state index contributed by atoms with van der Waals surface area (Å²) in [4.78, 5) is 17.2. The van der Waals surface area contributed by atoms with Crippen molar-refractivity contribution in [2.24, 2.45) is 0 Å². The second-order valence-electron chi connectivity index (χ2n) is 8.61. The van der Waals surface area contributed by atoms with Crippen molar-refractivity contribution in [3.8, 4) is 10.9 Å². The predicted molar refractivity (Wildman–Crippen MR) is 131 cm³/mol. The second-order valence-corrected chi connectivity index (χ2v) is 9.62. The minimum absolute atomic E-state index is 0.0989. The first-order chi connectivity index (χ1) is 15.2. The third-order valence-electron chi connectivity index (χ3n) is 5.05. The Kier molecular flexibility index (Phi) is 5.84. The summed E-state index contributed by atoms with van der Waals surface area (Å²) >= 11 is 1.49. The van der Waals surface area contributed by atoms with Crippen LogP contribution in [0.15, 0.2) is 54.6 Å². The summed E-state index contributed by atoms with van der Waals surface area (Å²) in [5, 5.41) is 8.12. The molecule has 0 fully saturated rings. The molecule has 1 amide bonds. The maximum Gasteiger partial charge on any atom is 0.249 e. The molecular weight excluding hydrogens is 420 g/mol. The van der Waals surface area contributed by atoms with Crippen molar-refractivity contribution < 1.29 is 9.53 Å². The molecule has 7 heteroatoms. The van der Waals surface area contributed by atoms with Gasteiger partial charge in [-0.25, -0.2) is 4.98 Å². The van der Waals surface area contributed by atoms with Gasteiger partial charge in [0.1, 0.15) is 11.6 Å². The molecule has 1 N–H and O–H groups in total. The number of amides is 1. The monoisotopic (exact) mass is 446 g/mol. The highest BCUT2D eigenvalue weighted by Crippen LogP contribution is 2.30. The van der Waals surface area contributed by atoms with Gasteiger partial charge in [0.25, 0.3) is 0 Å². The van der Waals surface area contributed by atoms with Crippen molar-refractivity contribution >= 4 is 39.4 Å². The molecule has 0 spiro atoms. The van der Waals surface area contributed by atoms with Gasteiger partial charge < -0.3 is 10.1 Å². The molecule has 4 aromatic rings. The normalized spacial score (nSPS) is 11.9. The van der Waals surface area contributed by atoms with Crippen LogP contribution in [0, 0.1) is 6.92 Å². The zero-order valence-electron chi connectivity index (χ0n) is 18.8. The number of hydrogen-bond acceptors (Lipinski definition) is 5. The largest absolute Gasteiger partial charge is 0.497 e. The van der Waals surface area contributed by atoms with Gasteiger partial charge in [-0.15, -0.1) is 0 Å². The molecule has 2 heterocycles. The number of carbonyl (C=O) groups excluding carboxylic acids is 1. The lowest BCUT2D eigenvalue weighted by atomic mass is 9.87. The molecule has 0 unspecified atom stereocenters.